The van der Waals surface area contributed by atoms with Gasteiger partial charge in [-0.2, -0.15) is 0 Å². The lowest BCUT2D eigenvalue weighted by molar-refractivity contribution is -0.114. The first kappa shape index (κ1) is 18.6. The van der Waals surface area contributed by atoms with E-state index in [-0.39, 0.29) is 11.3 Å². The van der Waals surface area contributed by atoms with Crippen molar-refractivity contribution in [1.82, 2.24) is 10.3 Å². The van der Waals surface area contributed by atoms with Crippen LogP contribution >= 0.6 is 22.7 Å². The average molecular weight is 400 g/mol. The molecular formula is C21H25N3OS2. The lowest BCUT2D eigenvalue weighted by Crippen LogP contribution is -2.22. The Bertz CT molecular complexity index is 1020. The summed E-state index contributed by atoms with van der Waals surface area (Å²) in [4.78, 5) is 18.0. The Labute approximate surface area is 168 Å². The van der Waals surface area contributed by atoms with Gasteiger partial charge in [-0.3, -0.25) is 4.79 Å². The van der Waals surface area contributed by atoms with Gasteiger partial charge in [0.1, 0.15) is 10.0 Å². The van der Waals surface area contributed by atoms with Crippen LogP contribution in [0.25, 0.3) is 20.8 Å². The molecule has 1 aromatic carbocycles. The van der Waals surface area contributed by atoms with Crippen LogP contribution in [0.1, 0.15) is 50.1 Å². The van der Waals surface area contributed by atoms with E-state index >= 15 is 0 Å². The maximum absolute atomic E-state index is 11.7. The molecule has 0 spiro atoms. The number of anilines is 1. The Morgan fingerprint density at radius 2 is 2.15 bits per heavy atom. The summed E-state index contributed by atoms with van der Waals surface area (Å²) in [7, 11) is 0. The summed E-state index contributed by atoms with van der Waals surface area (Å²) in [5, 5.41) is 8.41. The first-order valence-corrected chi connectivity index (χ1v) is 11.1. The van der Waals surface area contributed by atoms with Crippen molar-refractivity contribution in [3.8, 4) is 10.6 Å². The largest absolute Gasteiger partial charge is 0.317 e. The Morgan fingerprint density at radius 3 is 2.89 bits per heavy atom. The van der Waals surface area contributed by atoms with E-state index in [2.05, 4.69) is 49.6 Å². The van der Waals surface area contributed by atoms with Crippen molar-refractivity contribution in [2.45, 2.75) is 52.5 Å². The van der Waals surface area contributed by atoms with Crippen LogP contribution in [0.4, 0.5) is 5.00 Å². The second kappa shape index (κ2) is 7.00. The molecule has 1 aliphatic rings. The van der Waals surface area contributed by atoms with Gasteiger partial charge in [0.2, 0.25) is 5.91 Å². The average Bonchev–Trinajstić information content (AvgIpc) is 3.20. The van der Waals surface area contributed by atoms with Gasteiger partial charge in [0, 0.05) is 23.9 Å². The van der Waals surface area contributed by atoms with Gasteiger partial charge < -0.3 is 10.6 Å². The van der Waals surface area contributed by atoms with Crippen LogP contribution in [0.2, 0.25) is 0 Å². The second-order valence-corrected chi connectivity index (χ2v) is 9.89. The molecule has 0 unspecified atom stereocenters. The number of nitrogens with one attached hydrogen (secondary N) is 2. The summed E-state index contributed by atoms with van der Waals surface area (Å²) in [6.45, 7) is 10.2. The maximum atomic E-state index is 11.7. The zero-order chi connectivity index (χ0) is 19.2. The molecule has 27 heavy (non-hydrogen) atoms. The van der Waals surface area contributed by atoms with Crippen molar-refractivity contribution in [2.75, 3.05) is 11.9 Å². The maximum Gasteiger partial charge on any atom is 0.221 e. The van der Waals surface area contributed by atoms with Gasteiger partial charge in [0.25, 0.3) is 0 Å². The molecule has 1 amide bonds. The molecule has 6 heteroatoms. The highest BCUT2D eigenvalue weighted by atomic mass is 32.1. The molecular weight excluding hydrogens is 374 g/mol. The van der Waals surface area contributed by atoms with Crippen molar-refractivity contribution in [3.63, 3.8) is 0 Å². The molecule has 4 rings (SSSR count). The molecule has 3 aromatic rings. The van der Waals surface area contributed by atoms with Gasteiger partial charge in [-0.25, -0.2) is 4.98 Å². The number of thiazole rings is 1. The number of fused-ring (bicyclic) bond motifs is 2. The van der Waals surface area contributed by atoms with E-state index in [0.29, 0.717) is 0 Å². The number of hydrogen-bond donors (Lipinski definition) is 2. The number of benzene rings is 1. The summed E-state index contributed by atoms with van der Waals surface area (Å²) >= 11 is 3.40. The van der Waals surface area contributed by atoms with Gasteiger partial charge in [0.15, 0.2) is 0 Å². The van der Waals surface area contributed by atoms with E-state index in [1.165, 1.54) is 20.7 Å². The van der Waals surface area contributed by atoms with E-state index in [0.717, 1.165) is 47.0 Å². The lowest BCUT2D eigenvalue weighted by atomic mass is 9.82. The molecule has 0 saturated carbocycles. The van der Waals surface area contributed by atoms with E-state index in [1.807, 2.05) is 0 Å². The predicted octanol–water partition coefficient (Wildman–Crippen LogP) is 5.32. The van der Waals surface area contributed by atoms with Crippen LogP contribution in [-0.4, -0.2) is 17.4 Å². The first-order valence-electron chi connectivity index (χ1n) is 9.43. The fraction of sp³-hybridized carbons (Fsp3) is 0.429. The van der Waals surface area contributed by atoms with Gasteiger partial charge in [0.05, 0.1) is 10.2 Å². The molecule has 2 N–H and O–H groups in total. The molecule has 0 radical (unpaired) electrons. The number of rotatable bonds is 4. The predicted molar refractivity (Wildman–Crippen MR) is 116 cm³/mol. The fourth-order valence-electron chi connectivity index (χ4n) is 3.47. The number of amides is 1. The van der Waals surface area contributed by atoms with Crippen molar-refractivity contribution in [2.24, 2.45) is 0 Å². The molecule has 0 atom stereocenters. The van der Waals surface area contributed by atoms with Gasteiger partial charge in [-0.05, 0) is 48.1 Å². The SMILES string of the molecule is CCC(C)(C)c1ccc2sc(-c3c(NC(C)=O)sc4c3CCNC4)nc2c1. The molecule has 142 valence electrons. The third-order valence-corrected chi connectivity index (χ3v) is 7.69. The Kier molecular flexibility index (Phi) is 4.82. The Morgan fingerprint density at radius 1 is 1.33 bits per heavy atom. The van der Waals surface area contributed by atoms with Gasteiger partial charge in [-0.1, -0.05) is 26.8 Å². The highest BCUT2D eigenvalue weighted by molar-refractivity contribution is 7.22. The molecule has 3 heterocycles. The first-order chi connectivity index (χ1) is 12.9. The smallest absolute Gasteiger partial charge is 0.221 e. The molecule has 0 saturated heterocycles. The van der Waals surface area contributed by atoms with Crippen LogP contribution in [0.3, 0.4) is 0 Å². The molecule has 1 aliphatic heterocycles. The van der Waals surface area contributed by atoms with E-state index < -0.39 is 0 Å². The van der Waals surface area contributed by atoms with Crippen molar-refractivity contribution in [1.29, 1.82) is 0 Å². The highest BCUT2D eigenvalue weighted by Crippen LogP contribution is 2.45. The molecule has 0 fully saturated rings. The Hall–Kier alpha value is -1.76. The summed E-state index contributed by atoms with van der Waals surface area (Å²) in [6.07, 6.45) is 2.07. The summed E-state index contributed by atoms with van der Waals surface area (Å²) in [5.74, 6) is -0.0316. The van der Waals surface area contributed by atoms with E-state index in [4.69, 9.17) is 4.98 Å². The fourth-order valence-corrected chi connectivity index (χ4v) is 5.82. The topological polar surface area (TPSA) is 54.0 Å². The van der Waals surface area contributed by atoms with E-state index in [1.54, 1.807) is 29.6 Å². The number of thiophene rings is 1. The van der Waals surface area contributed by atoms with Crippen molar-refractivity contribution in [3.05, 3.63) is 34.2 Å². The molecule has 2 aromatic heterocycles. The monoisotopic (exact) mass is 399 g/mol. The van der Waals surface area contributed by atoms with Crippen LogP contribution < -0.4 is 10.6 Å². The zero-order valence-corrected chi connectivity index (χ0v) is 17.9. The summed E-state index contributed by atoms with van der Waals surface area (Å²) < 4.78 is 1.20. The van der Waals surface area contributed by atoms with E-state index in [9.17, 15) is 4.79 Å². The number of nitrogens with zero attached hydrogens (tertiary/aromatic N) is 1. The number of carbonyl (C=O) groups is 1. The zero-order valence-electron chi connectivity index (χ0n) is 16.2. The van der Waals surface area contributed by atoms with Crippen LogP contribution in [0.15, 0.2) is 18.2 Å². The number of carbonyl (C=O) groups excluding carboxylic acids is 1. The van der Waals surface area contributed by atoms with Crippen molar-refractivity contribution < 1.29 is 4.79 Å². The van der Waals surface area contributed by atoms with Crippen LogP contribution in [0, 0.1) is 0 Å². The molecule has 0 bridgehead atoms. The van der Waals surface area contributed by atoms with Crippen molar-refractivity contribution >= 4 is 43.8 Å². The van der Waals surface area contributed by atoms with Crippen LogP contribution in [-0.2, 0) is 23.2 Å². The molecule has 4 nitrogen and oxygen atoms in total. The molecule has 0 aliphatic carbocycles. The quantitative estimate of drug-likeness (QED) is 0.624. The second-order valence-electron chi connectivity index (χ2n) is 7.75. The lowest BCUT2D eigenvalue weighted by Gasteiger charge is -2.23. The van der Waals surface area contributed by atoms with Gasteiger partial charge >= 0.3 is 0 Å². The number of aromatic nitrogens is 1. The van der Waals surface area contributed by atoms with Crippen LogP contribution in [0.5, 0.6) is 0 Å². The summed E-state index contributed by atoms with van der Waals surface area (Å²) in [5.41, 5.74) is 5.00. The Balaban J connectivity index is 1.84. The minimum Gasteiger partial charge on any atom is -0.317 e. The number of hydrogen-bond acceptors (Lipinski definition) is 5. The third-order valence-electron chi connectivity index (χ3n) is 5.48. The van der Waals surface area contributed by atoms with Gasteiger partial charge in [-0.15, -0.1) is 22.7 Å². The highest BCUT2D eigenvalue weighted by Gasteiger charge is 2.25. The minimum absolute atomic E-state index is 0.0316. The minimum atomic E-state index is -0.0316. The standard InChI is InChI=1S/C21H25N3OS2/c1-5-21(3,4)13-6-7-16-15(10-13)24-20(26-16)18-14-8-9-22-11-17(14)27-19(18)23-12(2)25/h6-7,10,22H,5,8-9,11H2,1-4H3,(H,23,25). The normalized spacial score (nSPS) is 14.4. The summed E-state index contributed by atoms with van der Waals surface area (Å²) in [6, 6.07) is 6.66. The third kappa shape index (κ3) is 3.42.